The molecule has 6 rings (SSSR count). The highest BCUT2D eigenvalue weighted by Gasteiger charge is 2.41. The summed E-state index contributed by atoms with van der Waals surface area (Å²) in [5.74, 6) is -0.257. The summed E-state index contributed by atoms with van der Waals surface area (Å²) in [4.78, 5) is 0. The average Bonchev–Trinajstić information content (AvgIpc) is 3.68. The van der Waals surface area contributed by atoms with Gasteiger partial charge < -0.3 is 0 Å². The number of rotatable bonds is 10. The first kappa shape index (κ1) is 48.2. The Hall–Kier alpha value is -4.26. The van der Waals surface area contributed by atoms with Gasteiger partial charge >= 0.3 is 24.7 Å². The van der Waals surface area contributed by atoms with E-state index in [2.05, 4.69) is 0 Å². The van der Waals surface area contributed by atoms with Crippen LogP contribution >= 0.6 is 0 Å². The normalized spacial score (nSPS) is 17.4. The van der Waals surface area contributed by atoms with Gasteiger partial charge in [0, 0.05) is 21.4 Å². The van der Waals surface area contributed by atoms with Crippen molar-refractivity contribution in [3.05, 3.63) is 127 Å². The molecule has 0 aliphatic heterocycles. The summed E-state index contributed by atoms with van der Waals surface area (Å²) >= 11 is 0. The molecule has 4 aromatic carbocycles. The molecule has 2 unspecified atom stereocenters. The molecule has 0 spiro atoms. The first-order valence-corrected chi connectivity index (χ1v) is 23.3. The lowest BCUT2D eigenvalue weighted by molar-refractivity contribution is -0.144. The molecule has 0 nitrogen and oxygen atoms in total. The third-order valence-corrected chi connectivity index (χ3v) is 14.3. The molecule has 340 valence electrons. The van der Waals surface area contributed by atoms with E-state index in [1.165, 1.54) is 0 Å². The highest BCUT2D eigenvalue weighted by molar-refractivity contribution is 6.36. The number of hydrogen-bond acceptors (Lipinski definition) is 0. The van der Waals surface area contributed by atoms with Crippen molar-refractivity contribution in [2.45, 2.75) is 141 Å². The van der Waals surface area contributed by atoms with Crippen molar-refractivity contribution in [2.75, 3.05) is 0 Å². The molecule has 63 heavy (non-hydrogen) atoms. The molecular weight excluding hydrogens is 857 g/mol. The van der Waals surface area contributed by atoms with Gasteiger partial charge in [-0.1, -0.05) is 128 Å². The minimum Gasteiger partial charge on any atom is -0.166 e. The maximum absolute atomic E-state index is 14.2. The van der Waals surface area contributed by atoms with Crippen LogP contribution in [0.2, 0.25) is 12.1 Å². The molecule has 0 amide bonds. The SMILES string of the molecule is CCCC1=Cc2c(ccc(C(C)(C)C)c2-c2cc(C(F)(F)F)cc(C(F)(F)F)c2)C1C[SiH2]CC1C(CCC)=Cc2c1ccc(C(C)(C)C)c2-c1cc(C(F)(F)F)cc(C(F)(F)F)c1. The molecule has 2 aliphatic carbocycles. The molecule has 2 aliphatic rings. The van der Waals surface area contributed by atoms with Crippen LogP contribution in [0.5, 0.6) is 0 Å². The van der Waals surface area contributed by atoms with Crippen LogP contribution in [0.3, 0.4) is 0 Å². The van der Waals surface area contributed by atoms with E-state index in [0.29, 0.717) is 46.2 Å². The number of halogens is 12. The molecule has 13 heteroatoms. The molecule has 4 aromatic rings. The van der Waals surface area contributed by atoms with Crippen LogP contribution < -0.4 is 0 Å². The zero-order chi connectivity index (χ0) is 46.8. The maximum atomic E-state index is 14.2. The van der Waals surface area contributed by atoms with E-state index in [9.17, 15) is 52.7 Å². The Balaban J connectivity index is 1.44. The largest absolute Gasteiger partial charge is 0.416 e. The minimum absolute atomic E-state index is 0.128. The van der Waals surface area contributed by atoms with E-state index < -0.39 is 67.3 Å². The zero-order valence-corrected chi connectivity index (χ0v) is 38.0. The van der Waals surface area contributed by atoms with Crippen LogP contribution in [-0.4, -0.2) is 9.52 Å². The molecule has 0 fully saturated rings. The Labute approximate surface area is 363 Å². The molecule has 2 atom stereocenters. The van der Waals surface area contributed by atoms with Crippen LogP contribution in [0.15, 0.2) is 71.8 Å². The van der Waals surface area contributed by atoms with E-state index in [-0.39, 0.29) is 35.1 Å². The van der Waals surface area contributed by atoms with Crippen LogP contribution in [0.4, 0.5) is 52.7 Å². The monoisotopic (exact) mass is 908 g/mol. The Bertz CT molecular complexity index is 2190. The molecule has 0 saturated carbocycles. The van der Waals surface area contributed by atoms with E-state index >= 15 is 0 Å². The Kier molecular flexibility index (Phi) is 13.0. The van der Waals surface area contributed by atoms with Crippen LogP contribution in [0, 0.1) is 0 Å². The number of allylic oxidation sites excluding steroid dienone is 2. The van der Waals surface area contributed by atoms with Crippen molar-refractivity contribution >= 4 is 21.7 Å². The Morgan fingerprint density at radius 3 is 1.00 bits per heavy atom. The average molecular weight is 909 g/mol. The molecule has 0 bridgehead atoms. The lowest BCUT2D eigenvalue weighted by atomic mass is 9.78. The van der Waals surface area contributed by atoms with Crippen molar-refractivity contribution in [2.24, 2.45) is 0 Å². The fraction of sp³-hybridized carbons (Fsp3) is 0.440. The van der Waals surface area contributed by atoms with Gasteiger partial charge in [-0.3, -0.25) is 0 Å². The highest BCUT2D eigenvalue weighted by atomic mass is 28.2. The maximum Gasteiger partial charge on any atom is 0.416 e. The van der Waals surface area contributed by atoms with E-state index in [0.717, 1.165) is 71.5 Å². The molecule has 0 heterocycles. The summed E-state index contributed by atoms with van der Waals surface area (Å²) in [7, 11) is -1.03. The fourth-order valence-corrected chi connectivity index (χ4v) is 11.9. The topological polar surface area (TPSA) is 0 Å². The van der Waals surface area contributed by atoms with Gasteiger partial charge in [-0.05, 0) is 116 Å². The van der Waals surface area contributed by atoms with Crippen molar-refractivity contribution in [3.8, 4) is 22.3 Å². The van der Waals surface area contributed by atoms with Gasteiger partial charge in [0.2, 0.25) is 0 Å². The third kappa shape index (κ3) is 10.0. The van der Waals surface area contributed by atoms with Gasteiger partial charge in [0.1, 0.15) is 0 Å². The van der Waals surface area contributed by atoms with E-state index in [1.54, 1.807) is 0 Å². The summed E-state index contributed by atoms with van der Waals surface area (Å²) in [6.45, 7) is 15.2. The predicted molar refractivity (Wildman–Crippen MR) is 231 cm³/mol. The second-order valence-corrected chi connectivity index (χ2v) is 20.9. The van der Waals surface area contributed by atoms with Crippen molar-refractivity contribution < 1.29 is 52.7 Å². The van der Waals surface area contributed by atoms with Crippen LogP contribution in [0.1, 0.15) is 149 Å². The summed E-state index contributed by atoms with van der Waals surface area (Å²) in [6.07, 6.45) is -13.3. The van der Waals surface area contributed by atoms with Crippen molar-refractivity contribution in [1.29, 1.82) is 0 Å². The van der Waals surface area contributed by atoms with Crippen molar-refractivity contribution in [1.82, 2.24) is 0 Å². The number of benzene rings is 4. The summed E-state index contributed by atoms with van der Waals surface area (Å²) in [5, 5.41) is 0. The predicted octanol–water partition coefficient (Wildman–Crippen LogP) is 17.0. The molecule has 0 aromatic heterocycles. The molecule has 0 saturated heterocycles. The van der Waals surface area contributed by atoms with E-state index in [4.69, 9.17) is 0 Å². The number of alkyl halides is 12. The fourth-order valence-electron chi connectivity index (χ4n) is 9.51. The quantitative estimate of drug-likeness (QED) is 0.110. The van der Waals surface area contributed by atoms with E-state index in [1.807, 2.05) is 91.8 Å². The Morgan fingerprint density at radius 2 is 0.746 bits per heavy atom. The summed E-state index contributed by atoms with van der Waals surface area (Å²) < 4.78 is 170. The summed E-state index contributed by atoms with van der Waals surface area (Å²) in [5.41, 5.74) is -0.197. The molecule has 0 radical (unpaired) electrons. The van der Waals surface area contributed by atoms with Gasteiger partial charge in [0.25, 0.3) is 0 Å². The highest BCUT2D eigenvalue weighted by Crippen LogP contribution is 2.52. The van der Waals surface area contributed by atoms with Gasteiger partial charge in [0.15, 0.2) is 0 Å². The summed E-state index contributed by atoms with van der Waals surface area (Å²) in [6, 6.07) is 12.5. The number of fused-ring (bicyclic) bond motifs is 2. The first-order valence-electron chi connectivity index (χ1n) is 21.3. The van der Waals surface area contributed by atoms with Crippen LogP contribution in [-0.2, 0) is 35.5 Å². The molecule has 0 N–H and O–H groups in total. The van der Waals surface area contributed by atoms with Crippen molar-refractivity contribution in [3.63, 3.8) is 0 Å². The lowest BCUT2D eigenvalue weighted by Crippen LogP contribution is -2.16. The lowest BCUT2D eigenvalue weighted by Gasteiger charge is -2.27. The van der Waals surface area contributed by atoms with Gasteiger partial charge in [0.05, 0.1) is 22.3 Å². The minimum atomic E-state index is -5.02. The molecular formula is C50H52F12Si. The Morgan fingerprint density at radius 1 is 0.444 bits per heavy atom. The zero-order valence-electron chi connectivity index (χ0n) is 36.6. The smallest absolute Gasteiger partial charge is 0.166 e. The second-order valence-electron chi connectivity index (χ2n) is 19.0. The third-order valence-electron chi connectivity index (χ3n) is 12.3. The number of hydrogen-bond donors (Lipinski definition) is 0. The first-order chi connectivity index (χ1) is 28.9. The van der Waals surface area contributed by atoms with Gasteiger partial charge in [-0.2, -0.15) is 52.7 Å². The van der Waals surface area contributed by atoms with Gasteiger partial charge in [-0.25, -0.2) is 0 Å². The standard InChI is InChI=1S/C50H52F12Si/c1-9-11-27-21-37-35(13-15-41(45(3,4)5)43(37)29-17-31(47(51,52)53)23-32(18-29)48(54,55)56)39(27)25-63-26-40-28(12-10-2)22-38-36(40)14-16-42(46(6,7)8)44(38)30-19-33(49(57,58)59)24-34(20-30)50(60,61)62/h13-24,39-40H,9-12,25-26,63H2,1-8H3. The van der Waals surface area contributed by atoms with Crippen LogP contribution in [0.25, 0.3) is 34.4 Å². The second kappa shape index (κ2) is 16.9. The van der Waals surface area contributed by atoms with Gasteiger partial charge in [-0.15, -0.1) is 0 Å².